The van der Waals surface area contributed by atoms with Crippen LogP contribution < -0.4 is 5.73 Å². The number of rotatable bonds is 3. The number of amides is 2. The molecule has 132 valence electrons. The van der Waals surface area contributed by atoms with E-state index in [4.69, 9.17) is 17.3 Å². The molecule has 0 fully saturated rings. The summed E-state index contributed by atoms with van der Waals surface area (Å²) in [7, 11) is 0. The predicted octanol–water partition coefficient (Wildman–Crippen LogP) is 2.45. The highest BCUT2D eigenvalue weighted by atomic mass is 35.5. The van der Waals surface area contributed by atoms with Gasteiger partial charge in [0.25, 0.3) is 5.91 Å². The Morgan fingerprint density at radius 3 is 2.72 bits per heavy atom. The van der Waals surface area contributed by atoms with E-state index in [1.54, 1.807) is 0 Å². The molecule has 1 atom stereocenters. The standard InChI is InChI=1S/C15H13ClF2N4O3/c16-9-3-7(1-2-10(9)18)13-12(14(19)23)11-6-21(15(24)25)5-8(4-17)22(11)20-13/h1-3,8H,4-6H2,(H2,19,23)(H,24,25). The third-order valence-electron chi connectivity index (χ3n) is 4.02. The van der Waals surface area contributed by atoms with Crippen LogP contribution in [0.3, 0.4) is 0 Å². The van der Waals surface area contributed by atoms with E-state index in [-0.39, 0.29) is 35.1 Å². The molecule has 0 saturated carbocycles. The van der Waals surface area contributed by atoms with Crippen molar-refractivity contribution in [3.05, 3.63) is 40.3 Å². The van der Waals surface area contributed by atoms with Crippen molar-refractivity contribution in [2.24, 2.45) is 5.73 Å². The molecule has 1 unspecified atom stereocenters. The Hall–Kier alpha value is -2.68. The lowest BCUT2D eigenvalue weighted by atomic mass is 10.0. The summed E-state index contributed by atoms with van der Waals surface area (Å²) in [6, 6.07) is 2.86. The second-order valence-electron chi connectivity index (χ2n) is 5.58. The third-order valence-corrected chi connectivity index (χ3v) is 4.31. The quantitative estimate of drug-likeness (QED) is 0.866. The van der Waals surface area contributed by atoms with Crippen molar-refractivity contribution in [1.82, 2.24) is 14.7 Å². The lowest BCUT2D eigenvalue weighted by Crippen LogP contribution is -2.42. The van der Waals surface area contributed by atoms with E-state index in [9.17, 15) is 23.5 Å². The smallest absolute Gasteiger partial charge is 0.407 e. The largest absolute Gasteiger partial charge is 0.465 e. The normalized spacial score (nSPS) is 16.6. The van der Waals surface area contributed by atoms with Crippen LogP contribution in [0.2, 0.25) is 5.02 Å². The second kappa shape index (κ2) is 6.32. The summed E-state index contributed by atoms with van der Waals surface area (Å²) in [6.07, 6.45) is -1.24. The van der Waals surface area contributed by atoms with Gasteiger partial charge in [-0.15, -0.1) is 0 Å². The number of aromatic nitrogens is 2. The molecule has 0 radical (unpaired) electrons. The number of carbonyl (C=O) groups is 2. The van der Waals surface area contributed by atoms with Crippen LogP contribution in [0.4, 0.5) is 13.6 Å². The molecule has 3 rings (SSSR count). The fourth-order valence-corrected chi connectivity index (χ4v) is 3.04. The van der Waals surface area contributed by atoms with Crippen molar-refractivity contribution in [1.29, 1.82) is 0 Å². The van der Waals surface area contributed by atoms with Crippen molar-refractivity contribution in [2.75, 3.05) is 13.2 Å². The van der Waals surface area contributed by atoms with E-state index in [2.05, 4.69) is 5.10 Å². The van der Waals surface area contributed by atoms with E-state index < -0.39 is 30.5 Å². The van der Waals surface area contributed by atoms with Crippen molar-refractivity contribution in [3.8, 4) is 11.3 Å². The van der Waals surface area contributed by atoms with Crippen molar-refractivity contribution in [3.63, 3.8) is 0 Å². The first-order valence-electron chi connectivity index (χ1n) is 7.24. The van der Waals surface area contributed by atoms with E-state index in [0.29, 0.717) is 5.56 Å². The maximum absolute atomic E-state index is 13.4. The summed E-state index contributed by atoms with van der Waals surface area (Å²) in [5, 5.41) is 13.3. The number of nitrogens with two attached hydrogens (primary N) is 1. The zero-order valence-electron chi connectivity index (χ0n) is 12.7. The average Bonchev–Trinajstić information content (AvgIpc) is 2.95. The van der Waals surface area contributed by atoms with Gasteiger partial charge in [-0.25, -0.2) is 13.6 Å². The number of hydrogen-bond acceptors (Lipinski definition) is 3. The number of carboxylic acid groups (broad SMARTS) is 1. The number of halogens is 3. The molecule has 1 aromatic heterocycles. The van der Waals surface area contributed by atoms with Gasteiger partial charge in [-0.3, -0.25) is 9.48 Å². The lowest BCUT2D eigenvalue weighted by Gasteiger charge is -2.30. The van der Waals surface area contributed by atoms with Crippen LogP contribution >= 0.6 is 11.6 Å². The van der Waals surface area contributed by atoms with Gasteiger partial charge in [0.15, 0.2) is 0 Å². The van der Waals surface area contributed by atoms with Crippen molar-refractivity contribution < 1.29 is 23.5 Å². The third kappa shape index (κ3) is 2.91. The SMILES string of the molecule is NC(=O)c1c(-c2ccc(F)c(Cl)c2)nn2c1CN(C(=O)O)CC2CF. The predicted molar refractivity (Wildman–Crippen MR) is 84.6 cm³/mol. The number of benzene rings is 1. The molecule has 7 nitrogen and oxygen atoms in total. The Morgan fingerprint density at radius 1 is 1.44 bits per heavy atom. The zero-order chi connectivity index (χ0) is 18.3. The molecule has 1 aliphatic heterocycles. The van der Waals surface area contributed by atoms with Gasteiger partial charge in [-0.05, 0) is 18.2 Å². The summed E-state index contributed by atoms with van der Waals surface area (Å²) >= 11 is 5.77. The van der Waals surface area contributed by atoms with E-state index in [1.807, 2.05) is 0 Å². The number of alkyl halides is 1. The van der Waals surface area contributed by atoms with Gasteiger partial charge < -0.3 is 15.7 Å². The van der Waals surface area contributed by atoms with Gasteiger partial charge in [0.2, 0.25) is 0 Å². The van der Waals surface area contributed by atoms with Crippen LogP contribution in [0.15, 0.2) is 18.2 Å². The van der Waals surface area contributed by atoms with Gasteiger partial charge in [0.05, 0.1) is 28.9 Å². The molecule has 1 aromatic carbocycles. The van der Waals surface area contributed by atoms with Gasteiger partial charge >= 0.3 is 6.09 Å². The number of primary amides is 1. The fourth-order valence-electron chi connectivity index (χ4n) is 2.86. The lowest BCUT2D eigenvalue weighted by molar-refractivity contribution is 0.0983. The summed E-state index contributed by atoms with van der Waals surface area (Å²) < 4.78 is 28.0. The average molecular weight is 371 g/mol. The van der Waals surface area contributed by atoms with Crippen LogP contribution in [0.5, 0.6) is 0 Å². The van der Waals surface area contributed by atoms with E-state index >= 15 is 0 Å². The highest BCUT2D eigenvalue weighted by molar-refractivity contribution is 6.31. The van der Waals surface area contributed by atoms with Crippen LogP contribution in [0.1, 0.15) is 22.1 Å². The molecule has 0 bridgehead atoms. The maximum atomic E-state index is 13.4. The molecule has 0 spiro atoms. The van der Waals surface area contributed by atoms with Crippen molar-refractivity contribution in [2.45, 2.75) is 12.6 Å². The molecule has 3 N–H and O–H groups in total. The zero-order valence-corrected chi connectivity index (χ0v) is 13.5. The minimum atomic E-state index is -1.24. The summed E-state index contributed by atoms with van der Waals surface area (Å²) in [5.41, 5.74) is 6.02. The fraction of sp³-hybridized carbons (Fsp3) is 0.267. The molecule has 1 aliphatic rings. The highest BCUT2D eigenvalue weighted by Gasteiger charge is 2.34. The number of nitrogens with zero attached hydrogens (tertiary/aromatic N) is 3. The first-order valence-corrected chi connectivity index (χ1v) is 7.61. The van der Waals surface area contributed by atoms with E-state index in [1.165, 1.54) is 16.8 Å². The molecule has 2 aromatic rings. The topological polar surface area (TPSA) is 101 Å². The number of hydrogen-bond donors (Lipinski definition) is 2. The minimum absolute atomic E-state index is 0.0351. The van der Waals surface area contributed by atoms with Crippen LogP contribution in [-0.4, -0.2) is 45.0 Å². The molecule has 2 heterocycles. The van der Waals surface area contributed by atoms with Crippen LogP contribution in [-0.2, 0) is 6.54 Å². The van der Waals surface area contributed by atoms with Crippen LogP contribution in [0, 0.1) is 5.82 Å². The Kier molecular flexibility index (Phi) is 4.34. The number of fused-ring (bicyclic) bond motifs is 1. The summed E-state index contributed by atoms with van der Waals surface area (Å²) in [6.45, 7) is -1.14. The van der Waals surface area contributed by atoms with Gasteiger partial charge in [-0.1, -0.05) is 11.6 Å². The van der Waals surface area contributed by atoms with Crippen LogP contribution in [0.25, 0.3) is 11.3 Å². The minimum Gasteiger partial charge on any atom is -0.465 e. The van der Waals surface area contributed by atoms with Gasteiger partial charge in [0.1, 0.15) is 18.2 Å². The Labute approximate surface area is 145 Å². The Bertz CT molecular complexity index is 871. The Balaban J connectivity index is 2.20. The summed E-state index contributed by atoms with van der Waals surface area (Å²) in [4.78, 5) is 24.2. The number of carbonyl (C=O) groups excluding carboxylic acids is 1. The molecule has 0 aliphatic carbocycles. The molecular weight excluding hydrogens is 358 g/mol. The summed E-state index contributed by atoms with van der Waals surface area (Å²) in [5.74, 6) is -1.49. The van der Waals surface area contributed by atoms with Gasteiger partial charge in [0, 0.05) is 12.1 Å². The monoisotopic (exact) mass is 370 g/mol. The first kappa shape index (κ1) is 17.2. The molecule has 25 heavy (non-hydrogen) atoms. The highest BCUT2D eigenvalue weighted by Crippen LogP contribution is 2.33. The second-order valence-corrected chi connectivity index (χ2v) is 5.99. The van der Waals surface area contributed by atoms with E-state index in [0.717, 1.165) is 11.0 Å². The molecular formula is C15H13ClF2N4O3. The molecule has 0 saturated heterocycles. The molecule has 10 heteroatoms. The maximum Gasteiger partial charge on any atom is 0.407 e. The molecule has 2 amide bonds. The first-order chi connectivity index (χ1) is 11.8. The van der Waals surface area contributed by atoms with Crippen molar-refractivity contribution >= 4 is 23.6 Å². The Morgan fingerprint density at radius 2 is 2.16 bits per heavy atom. The van der Waals surface area contributed by atoms with Gasteiger partial charge in [-0.2, -0.15) is 5.10 Å².